The molecule has 1 aromatic heterocycles. The maximum atomic E-state index is 13.6. The second kappa shape index (κ2) is 5.50. The molecule has 18 heavy (non-hydrogen) atoms. The third-order valence-electron chi connectivity index (χ3n) is 3.14. The molecule has 3 rings (SSSR count). The summed E-state index contributed by atoms with van der Waals surface area (Å²) in [5, 5.41) is 7.59. The highest BCUT2D eigenvalue weighted by Gasteiger charge is 2.15. The van der Waals surface area contributed by atoms with Gasteiger partial charge >= 0.3 is 0 Å². The van der Waals surface area contributed by atoms with Crippen molar-refractivity contribution < 1.29 is 4.39 Å². The van der Waals surface area contributed by atoms with Crippen molar-refractivity contribution in [1.82, 2.24) is 10.3 Å². The summed E-state index contributed by atoms with van der Waals surface area (Å²) in [6, 6.07) is 7.38. The summed E-state index contributed by atoms with van der Waals surface area (Å²) in [7, 11) is 0. The standard InChI is InChI=1S/C13H14FN3.ClH/c14-11-3-1-2-10-12(5-7-16-13(10)11)17-9-4-6-15-8-9;/h1-3,5,7,9,15H,4,6,8H2,(H,16,17);1H/t9-;/m1./s1. The molecule has 2 heterocycles. The van der Waals surface area contributed by atoms with E-state index in [1.807, 2.05) is 12.1 Å². The van der Waals surface area contributed by atoms with E-state index in [2.05, 4.69) is 15.6 Å². The van der Waals surface area contributed by atoms with Gasteiger partial charge in [-0.3, -0.25) is 4.98 Å². The average Bonchev–Trinajstić information content (AvgIpc) is 2.83. The van der Waals surface area contributed by atoms with Crippen LogP contribution in [0.2, 0.25) is 0 Å². The van der Waals surface area contributed by atoms with E-state index < -0.39 is 0 Å². The Hall–Kier alpha value is -1.39. The van der Waals surface area contributed by atoms with Gasteiger partial charge in [0.1, 0.15) is 11.3 Å². The van der Waals surface area contributed by atoms with E-state index in [0.717, 1.165) is 30.6 Å². The lowest BCUT2D eigenvalue weighted by Crippen LogP contribution is -2.22. The Labute approximate surface area is 111 Å². The van der Waals surface area contributed by atoms with Crippen LogP contribution in [0.3, 0.4) is 0 Å². The molecule has 0 amide bonds. The van der Waals surface area contributed by atoms with Gasteiger partial charge in [-0.15, -0.1) is 12.4 Å². The normalized spacial score (nSPS) is 18.6. The molecule has 1 atom stereocenters. The van der Waals surface area contributed by atoms with Crippen LogP contribution in [-0.2, 0) is 0 Å². The molecule has 0 unspecified atom stereocenters. The number of rotatable bonds is 2. The summed E-state index contributed by atoms with van der Waals surface area (Å²) in [6.07, 6.45) is 2.75. The van der Waals surface area contributed by atoms with Crippen molar-refractivity contribution in [2.75, 3.05) is 18.4 Å². The van der Waals surface area contributed by atoms with Crippen LogP contribution >= 0.6 is 12.4 Å². The second-order valence-corrected chi connectivity index (χ2v) is 4.33. The highest BCUT2D eigenvalue weighted by molar-refractivity contribution is 5.91. The molecule has 0 spiro atoms. The number of para-hydroxylation sites is 1. The Morgan fingerprint density at radius 1 is 1.33 bits per heavy atom. The quantitative estimate of drug-likeness (QED) is 0.878. The average molecular weight is 268 g/mol. The Morgan fingerprint density at radius 2 is 2.22 bits per heavy atom. The fraction of sp³-hybridized carbons (Fsp3) is 0.308. The number of halogens is 2. The minimum atomic E-state index is -0.268. The van der Waals surface area contributed by atoms with Crippen LogP contribution in [0.1, 0.15) is 6.42 Å². The van der Waals surface area contributed by atoms with Gasteiger partial charge in [0.05, 0.1) is 0 Å². The number of aromatic nitrogens is 1. The second-order valence-electron chi connectivity index (χ2n) is 4.33. The maximum absolute atomic E-state index is 13.6. The van der Waals surface area contributed by atoms with Crippen molar-refractivity contribution in [3.63, 3.8) is 0 Å². The van der Waals surface area contributed by atoms with Crippen molar-refractivity contribution in [3.05, 3.63) is 36.3 Å². The molecule has 1 aliphatic heterocycles. The molecular weight excluding hydrogens is 253 g/mol. The highest BCUT2D eigenvalue weighted by Crippen LogP contribution is 2.24. The Morgan fingerprint density at radius 3 is 3.00 bits per heavy atom. The van der Waals surface area contributed by atoms with E-state index in [0.29, 0.717) is 11.6 Å². The molecule has 0 radical (unpaired) electrons. The van der Waals surface area contributed by atoms with Gasteiger partial charge in [0, 0.05) is 29.9 Å². The third-order valence-corrected chi connectivity index (χ3v) is 3.14. The molecule has 2 N–H and O–H groups in total. The highest BCUT2D eigenvalue weighted by atomic mass is 35.5. The van der Waals surface area contributed by atoms with Gasteiger partial charge in [0.2, 0.25) is 0 Å². The van der Waals surface area contributed by atoms with E-state index >= 15 is 0 Å². The molecule has 0 bridgehead atoms. The van der Waals surface area contributed by atoms with Crippen LogP contribution in [0.15, 0.2) is 30.5 Å². The molecule has 3 nitrogen and oxygen atoms in total. The first-order chi connectivity index (χ1) is 8.34. The Balaban J connectivity index is 0.00000120. The number of benzene rings is 1. The summed E-state index contributed by atoms with van der Waals surface area (Å²) in [5.41, 5.74) is 1.40. The van der Waals surface area contributed by atoms with Crippen molar-refractivity contribution >= 4 is 29.0 Å². The molecule has 0 aliphatic carbocycles. The number of hydrogen-bond donors (Lipinski definition) is 2. The number of nitrogens with zero attached hydrogens (tertiary/aromatic N) is 1. The summed E-state index contributed by atoms with van der Waals surface area (Å²) in [5.74, 6) is -0.268. The molecular formula is C13H15ClFN3. The maximum Gasteiger partial charge on any atom is 0.149 e. The Kier molecular flexibility index (Phi) is 3.99. The number of nitrogens with one attached hydrogen (secondary N) is 2. The van der Waals surface area contributed by atoms with Gasteiger partial charge in [-0.1, -0.05) is 12.1 Å². The third kappa shape index (κ3) is 2.40. The van der Waals surface area contributed by atoms with Crippen LogP contribution in [0, 0.1) is 5.82 Å². The summed E-state index contributed by atoms with van der Waals surface area (Å²) in [6.45, 7) is 1.99. The minimum absolute atomic E-state index is 0. The monoisotopic (exact) mass is 267 g/mol. The predicted molar refractivity (Wildman–Crippen MR) is 73.8 cm³/mol. The molecule has 0 saturated carbocycles. The van der Waals surface area contributed by atoms with Gasteiger partial charge < -0.3 is 10.6 Å². The van der Waals surface area contributed by atoms with Crippen LogP contribution in [-0.4, -0.2) is 24.1 Å². The number of pyridine rings is 1. The predicted octanol–water partition coefficient (Wildman–Crippen LogP) is 2.57. The lowest BCUT2D eigenvalue weighted by atomic mass is 10.1. The van der Waals surface area contributed by atoms with E-state index in [1.165, 1.54) is 6.07 Å². The first kappa shape index (κ1) is 13.1. The van der Waals surface area contributed by atoms with E-state index in [9.17, 15) is 4.39 Å². The molecule has 96 valence electrons. The zero-order valence-electron chi connectivity index (χ0n) is 9.82. The fourth-order valence-corrected chi connectivity index (χ4v) is 2.26. The van der Waals surface area contributed by atoms with Gasteiger partial charge in [-0.2, -0.15) is 0 Å². The van der Waals surface area contributed by atoms with Gasteiger partial charge in [-0.25, -0.2) is 4.39 Å². The van der Waals surface area contributed by atoms with Crippen LogP contribution in [0.4, 0.5) is 10.1 Å². The van der Waals surface area contributed by atoms with E-state index in [1.54, 1.807) is 12.3 Å². The summed E-state index contributed by atoms with van der Waals surface area (Å²) in [4.78, 5) is 4.09. The van der Waals surface area contributed by atoms with Crippen LogP contribution in [0.25, 0.3) is 10.9 Å². The molecule has 1 fully saturated rings. The van der Waals surface area contributed by atoms with E-state index in [4.69, 9.17) is 0 Å². The largest absolute Gasteiger partial charge is 0.380 e. The van der Waals surface area contributed by atoms with Crippen molar-refractivity contribution in [1.29, 1.82) is 0 Å². The van der Waals surface area contributed by atoms with Gasteiger partial charge in [0.25, 0.3) is 0 Å². The molecule has 1 saturated heterocycles. The SMILES string of the molecule is Cl.Fc1cccc2c(N[C@@H]3CCNC3)ccnc12. The molecule has 2 aromatic rings. The number of hydrogen-bond acceptors (Lipinski definition) is 3. The van der Waals surface area contributed by atoms with Crippen LogP contribution < -0.4 is 10.6 Å². The molecule has 5 heteroatoms. The minimum Gasteiger partial charge on any atom is -0.380 e. The smallest absolute Gasteiger partial charge is 0.149 e. The molecule has 1 aromatic carbocycles. The van der Waals surface area contributed by atoms with Crippen LogP contribution in [0.5, 0.6) is 0 Å². The zero-order chi connectivity index (χ0) is 11.7. The first-order valence-electron chi connectivity index (χ1n) is 5.85. The molecule has 1 aliphatic rings. The fourth-order valence-electron chi connectivity index (χ4n) is 2.26. The van der Waals surface area contributed by atoms with Crippen molar-refractivity contribution in [3.8, 4) is 0 Å². The van der Waals surface area contributed by atoms with Crippen molar-refractivity contribution in [2.45, 2.75) is 12.5 Å². The number of anilines is 1. The lowest BCUT2D eigenvalue weighted by molar-refractivity contribution is 0.637. The summed E-state index contributed by atoms with van der Waals surface area (Å²) < 4.78 is 13.6. The summed E-state index contributed by atoms with van der Waals surface area (Å²) >= 11 is 0. The lowest BCUT2D eigenvalue weighted by Gasteiger charge is -2.14. The first-order valence-corrected chi connectivity index (χ1v) is 5.85. The topological polar surface area (TPSA) is 37.0 Å². The van der Waals surface area contributed by atoms with E-state index in [-0.39, 0.29) is 18.2 Å². The number of fused-ring (bicyclic) bond motifs is 1. The van der Waals surface area contributed by atoms with Crippen molar-refractivity contribution in [2.24, 2.45) is 0 Å². The Bertz CT molecular complexity index is 541. The van der Waals surface area contributed by atoms with Gasteiger partial charge in [-0.05, 0) is 25.1 Å². The van der Waals surface area contributed by atoms with Gasteiger partial charge in [0.15, 0.2) is 0 Å². The zero-order valence-corrected chi connectivity index (χ0v) is 10.6.